The molecule has 0 amide bonds. The Labute approximate surface area is 153 Å². The predicted molar refractivity (Wildman–Crippen MR) is 99.7 cm³/mol. The smallest absolute Gasteiger partial charge is 0.166 e. The summed E-state index contributed by atoms with van der Waals surface area (Å²) in [6.07, 6.45) is 1.70. The van der Waals surface area contributed by atoms with E-state index in [9.17, 15) is 5.11 Å². The van der Waals surface area contributed by atoms with Crippen LogP contribution < -0.4 is 9.64 Å². The van der Waals surface area contributed by atoms with Crippen molar-refractivity contribution in [1.29, 1.82) is 0 Å². The van der Waals surface area contributed by atoms with Gasteiger partial charge >= 0.3 is 0 Å². The minimum atomic E-state index is 0.126. The number of quaternary nitrogens is 1. The average Bonchev–Trinajstić information content (AvgIpc) is 2.64. The van der Waals surface area contributed by atoms with Crippen molar-refractivity contribution >= 4 is 17.8 Å². The number of phenolic OH excluding ortho intramolecular Hbond substituents is 1. The Kier molecular flexibility index (Phi) is 5.79. The highest BCUT2D eigenvalue weighted by atomic mass is 35.5. The minimum absolute atomic E-state index is 0.126. The SMILES string of the molecule is COc1cccc(/C=N/N2CC[NH+](Cc3ccc(Cl)cc3)CC2)c1O. The van der Waals surface area contributed by atoms with Crippen LogP contribution in [0.2, 0.25) is 5.02 Å². The second-order valence-corrected chi connectivity index (χ2v) is 6.59. The molecular formula is C19H23ClN3O2+. The van der Waals surface area contributed by atoms with Crippen molar-refractivity contribution in [2.45, 2.75) is 6.54 Å². The Morgan fingerprint density at radius 2 is 1.92 bits per heavy atom. The monoisotopic (exact) mass is 360 g/mol. The number of hydrogen-bond acceptors (Lipinski definition) is 4. The van der Waals surface area contributed by atoms with E-state index in [4.69, 9.17) is 16.3 Å². The number of benzene rings is 2. The lowest BCUT2D eigenvalue weighted by atomic mass is 10.2. The fourth-order valence-electron chi connectivity index (χ4n) is 2.95. The number of nitrogens with one attached hydrogen (secondary N) is 1. The summed E-state index contributed by atoms with van der Waals surface area (Å²) in [6.45, 7) is 4.85. The zero-order valence-corrected chi connectivity index (χ0v) is 15.0. The fourth-order valence-corrected chi connectivity index (χ4v) is 3.07. The minimum Gasteiger partial charge on any atom is -0.504 e. The molecule has 1 saturated heterocycles. The van der Waals surface area contributed by atoms with Gasteiger partial charge in [0.15, 0.2) is 11.5 Å². The van der Waals surface area contributed by atoms with E-state index in [0.717, 1.165) is 37.7 Å². The van der Waals surface area contributed by atoms with Crippen LogP contribution in [0.1, 0.15) is 11.1 Å². The summed E-state index contributed by atoms with van der Waals surface area (Å²) >= 11 is 5.93. The summed E-state index contributed by atoms with van der Waals surface area (Å²) < 4.78 is 5.12. The molecule has 0 saturated carbocycles. The van der Waals surface area contributed by atoms with Gasteiger partial charge in [-0.2, -0.15) is 5.10 Å². The summed E-state index contributed by atoms with van der Waals surface area (Å²) in [6, 6.07) is 13.5. The lowest BCUT2D eigenvalue weighted by Crippen LogP contribution is -3.13. The Bertz CT molecular complexity index is 726. The van der Waals surface area contributed by atoms with Crippen LogP contribution in [-0.2, 0) is 6.54 Å². The van der Waals surface area contributed by atoms with Gasteiger partial charge in [0, 0.05) is 16.1 Å². The number of hydrogen-bond donors (Lipinski definition) is 2. The lowest BCUT2D eigenvalue weighted by molar-refractivity contribution is -0.918. The van der Waals surface area contributed by atoms with Crippen molar-refractivity contribution in [3.63, 3.8) is 0 Å². The van der Waals surface area contributed by atoms with Crippen LogP contribution in [0.4, 0.5) is 0 Å². The van der Waals surface area contributed by atoms with E-state index in [1.165, 1.54) is 10.5 Å². The molecule has 0 atom stereocenters. The van der Waals surface area contributed by atoms with E-state index in [1.807, 2.05) is 29.3 Å². The third kappa shape index (κ3) is 4.65. The number of ether oxygens (including phenoxy) is 1. The Hall–Kier alpha value is -2.24. The van der Waals surface area contributed by atoms with Crippen molar-refractivity contribution in [2.75, 3.05) is 33.3 Å². The maximum atomic E-state index is 10.1. The van der Waals surface area contributed by atoms with E-state index in [0.29, 0.717) is 11.3 Å². The van der Waals surface area contributed by atoms with Crippen molar-refractivity contribution < 1.29 is 14.7 Å². The highest BCUT2D eigenvalue weighted by Crippen LogP contribution is 2.28. The average molecular weight is 361 g/mol. The summed E-state index contributed by atoms with van der Waals surface area (Å²) in [5.41, 5.74) is 1.97. The van der Waals surface area contributed by atoms with Crippen LogP contribution in [0.3, 0.4) is 0 Å². The number of methoxy groups -OCH3 is 1. The molecule has 132 valence electrons. The molecule has 3 rings (SSSR count). The zero-order chi connectivity index (χ0) is 17.6. The highest BCUT2D eigenvalue weighted by Gasteiger charge is 2.18. The molecule has 1 fully saturated rings. The molecule has 0 radical (unpaired) electrons. The number of halogens is 1. The molecule has 6 heteroatoms. The van der Waals surface area contributed by atoms with Crippen molar-refractivity contribution in [2.24, 2.45) is 5.10 Å². The molecule has 1 aliphatic rings. The molecule has 0 unspecified atom stereocenters. The molecule has 2 aromatic carbocycles. The highest BCUT2D eigenvalue weighted by molar-refractivity contribution is 6.30. The van der Waals surface area contributed by atoms with Gasteiger partial charge in [-0.25, -0.2) is 0 Å². The number of hydrazone groups is 1. The zero-order valence-electron chi connectivity index (χ0n) is 14.3. The summed E-state index contributed by atoms with van der Waals surface area (Å²) in [7, 11) is 1.54. The van der Waals surface area contributed by atoms with E-state index >= 15 is 0 Å². The second-order valence-electron chi connectivity index (χ2n) is 6.15. The number of para-hydroxylation sites is 1. The van der Waals surface area contributed by atoms with E-state index in [2.05, 4.69) is 17.2 Å². The number of piperazine rings is 1. The molecule has 1 aliphatic heterocycles. The molecule has 0 aliphatic carbocycles. The molecule has 0 spiro atoms. The predicted octanol–water partition coefficient (Wildman–Crippen LogP) is 1.79. The van der Waals surface area contributed by atoms with Crippen LogP contribution >= 0.6 is 11.6 Å². The molecule has 2 aromatic rings. The van der Waals surface area contributed by atoms with Gasteiger partial charge in [0.2, 0.25) is 0 Å². The van der Waals surface area contributed by atoms with Gasteiger partial charge in [0.05, 0.1) is 39.5 Å². The van der Waals surface area contributed by atoms with Gasteiger partial charge < -0.3 is 14.7 Å². The number of rotatable bonds is 5. The third-order valence-corrected chi connectivity index (χ3v) is 4.68. The van der Waals surface area contributed by atoms with Crippen molar-refractivity contribution in [1.82, 2.24) is 5.01 Å². The van der Waals surface area contributed by atoms with E-state index < -0.39 is 0 Å². The summed E-state index contributed by atoms with van der Waals surface area (Å²) in [4.78, 5) is 1.54. The van der Waals surface area contributed by atoms with Crippen LogP contribution in [-0.4, -0.2) is 49.6 Å². The Morgan fingerprint density at radius 3 is 2.60 bits per heavy atom. The normalized spacial score (nSPS) is 15.7. The molecule has 0 aromatic heterocycles. The largest absolute Gasteiger partial charge is 0.504 e. The Morgan fingerprint density at radius 1 is 1.20 bits per heavy atom. The number of nitrogens with zero attached hydrogens (tertiary/aromatic N) is 2. The molecular weight excluding hydrogens is 338 g/mol. The van der Waals surface area contributed by atoms with Crippen LogP contribution in [0.25, 0.3) is 0 Å². The Balaban J connectivity index is 1.53. The van der Waals surface area contributed by atoms with Gasteiger partial charge in [-0.1, -0.05) is 29.8 Å². The molecule has 25 heavy (non-hydrogen) atoms. The van der Waals surface area contributed by atoms with Crippen molar-refractivity contribution in [3.8, 4) is 11.5 Å². The third-order valence-electron chi connectivity index (χ3n) is 4.42. The van der Waals surface area contributed by atoms with Gasteiger partial charge in [-0.3, -0.25) is 5.01 Å². The van der Waals surface area contributed by atoms with Crippen LogP contribution in [0.15, 0.2) is 47.6 Å². The second kappa shape index (κ2) is 8.23. The van der Waals surface area contributed by atoms with E-state index in [1.54, 1.807) is 19.4 Å². The maximum absolute atomic E-state index is 10.1. The first kappa shape index (κ1) is 17.6. The molecule has 1 heterocycles. The fraction of sp³-hybridized carbons (Fsp3) is 0.316. The molecule has 0 bridgehead atoms. The lowest BCUT2D eigenvalue weighted by Gasteiger charge is -2.30. The standard InChI is InChI=1S/C19H22ClN3O2/c1-25-18-4-2-3-16(19(18)24)13-21-23-11-9-22(10-12-23)14-15-5-7-17(20)8-6-15/h2-8,13,24H,9-12,14H2,1H3/p+1/b21-13+. The number of aromatic hydroxyl groups is 1. The van der Waals surface area contributed by atoms with Crippen molar-refractivity contribution in [3.05, 3.63) is 58.6 Å². The van der Waals surface area contributed by atoms with Crippen LogP contribution in [0, 0.1) is 0 Å². The quantitative estimate of drug-likeness (QED) is 0.799. The van der Waals surface area contributed by atoms with Gasteiger partial charge in [0.1, 0.15) is 6.54 Å². The molecule has 5 nitrogen and oxygen atoms in total. The first-order chi connectivity index (χ1) is 12.2. The van der Waals surface area contributed by atoms with Gasteiger partial charge in [-0.05, 0) is 24.3 Å². The van der Waals surface area contributed by atoms with Crippen LogP contribution in [0.5, 0.6) is 11.5 Å². The van der Waals surface area contributed by atoms with E-state index in [-0.39, 0.29) is 5.75 Å². The first-order valence-electron chi connectivity index (χ1n) is 8.38. The van der Waals surface area contributed by atoms with Gasteiger partial charge in [0.25, 0.3) is 0 Å². The first-order valence-corrected chi connectivity index (χ1v) is 8.76. The summed E-state index contributed by atoms with van der Waals surface area (Å²) in [5, 5.41) is 17.4. The summed E-state index contributed by atoms with van der Waals surface area (Å²) in [5.74, 6) is 0.585. The van der Waals surface area contributed by atoms with Gasteiger partial charge in [-0.15, -0.1) is 0 Å². The number of phenols is 1. The molecule has 2 N–H and O–H groups in total. The topological polar surface area (TPSA) is 49.5 Å². The maximum Gasteiger partial charge on any atom is 0.166 e.